The molecular formula is C14H10Br2F2O. The number of rotatable bonds is 3. The largest absolute Gasteiger partial charge is 0.388 e. The smallest absolute Gasteiger partial charge is 0.124 e. The molecule has 0 aromatic heterocycles. The molecule has 0 saturated carbocycles. The molecule has 0 aliphatic heterocycles. The number of hydrogen-bond acceptors (Lipinski definition) is 1. The summed E-state index contributed by atoms with van der Waals surface area (Å²) in [4.78, 5) is 0. The molecule has 0 radical (unpaired) electrons. The van der Waals surface area contributed by atoms with Gasteiger partial charge in [0, 0.05) is 15.4 Å². The molecule has 0 bridgehead atoms. The van der Waals surface area contributed by atoms with Gasteiger partial charge in [-0.2, -0.15) is 0 Å². The zero-order chi connectivity index (χ0) is 14.0. The Morgan fingerprint density at radius 2 is 1.74 bits per heavy atom. The van der Waals surface area contributed by atoms with Crippen molar-refractivity contribution in [3.05, 3.63) is 68.1 Å². The van der Waals surface area contributed by atoms with Crippen molar-refractivity contribution in [2.75, 3.05) is 0 Å². The third kappa shape index (κ3) is 3.84. The van der Waals surface area contributed by atoms with E-state index in [0.29, 0.717) is 20.1 Å². The predicted octanol–water partition coefficient (Wildman–Crippen LogP) is 4.77. The summed E-state index contributed by atoms with van der Waals surface area (Å²) < 4.78 is 27.6. The summed E-state index contributed by atoms with van der Waals surface area (Å²) in [6.45, 7) is 0. The molecule has 1 unspecified atom stereocenters. The SMILES string of the molecule is OC(Cc1cc(F)cc(Br)c1)c1cc(F)ccc1Br. The highest BCUT2D eigenvalue weighted by Gasteiger charge is 2.14. The fourth-order valence-electron chi connectivity index (χ4n) is 1.83. The van der Waals surface area contributed by atoms with E-state index in [2.05, 4.69) is 31.9 Å². The minimum atomic E-state index is -0.904. The second-order valence-corrected chi connectivity index (χ2v) is 5.93. The number of hydrogen-bond donors (Lipinski definition) is 1. The molecule has 2 rings (SSSR count). The van der Waals surface area contributed by atoms with E-state index in [9.17, 15) is 13.9 Å². The molecule has 0 saturated heterocycles. The Hall–Kier alpha value is -0.780. The molecule has 1 atom stereocenters. The highest BCUT2D eigenvalue weighted by Crippen LogP contribution is 2.28. The van der Waals surface area contributed by atoms with Crippen molar-refractivity contribution in [1.29, 1.82) is 0 Å². The van der Waals surface area contributed by atoms with Crippen LogP contribution >= 0.6 is 31.9 Å². The lowest BCUT2D eigenvalue weighted by Crippen LogP contribution is -2.03. The van der Waals surface area contributed by atoms with Gasteiger partial charge < -0.3 is 5.11 Å². The standard InChI is InChI=1S/C14H10Br2F2O/c15-9-3-8(4-11(18)6-9)5-14(19)12-7-10(17)1-2-13(12)16/h1-4,6-7,14,19H,5H2. The van der Waals surface area contributed by atoms with Crippen molar-refractivity contribution in [1.82, 2.24) is 0 Å². The van der Waals surface area contributed by atoms with E-state index in [1.807, 2.05) is 0 Å². The van der Waals surface area contributed by atoms with Crippen molar-refractivity contribution in [2.24, 2.45) is 0 Å². The van der Waals surface area contributed by atoms with E-state index in [-0.39, 0.29) is 12.2 Å². The van der Waals surface area contributed by atoms with E-state index in [4.69, 9.17) is 0 Å². The van der Waals surface area contributed by atoms with Crippen LogP contribution in [0.3, 0.4) is 0 Å². The van der Waals surface area contributed by atoms with Gasteiger partial charge in [-0.05, 0) is 47.5 Å². The first-order chi connectivity index (χ1) is 8.95. The lowest BCUT2D eigenvalue weighted by molar-refractivity contribution is 0.177. The lowest BCUT2D eigenvalue weighted by Gasteiger charge is -2.13. The average molecular weight is 392 g/mol. The average Bonchev–Trinajstić information content (AvgIpc) is 2.30. The van der Waals surface area contributed by atoms with Crippen molar-refractivity contribution in [2.45, 2.75) is 12.5 Å². The van der Waals surface area contributed by atoms with Crippen LogP contribution in [0.25, 0.3) is 0 Å². The van der Waals surface area contributed by atoms with Gasteiger partial charge in [-0.15, -0.1) is 0 Å². The van der Waals surface area contributed by atoms with Gasteiger partial charge in [0.2, 0.25) is 0 Å². The molecule has 0 aliphatic carbocycles. The van der Waals surface area contributed by atoms with Gasteiger partial charge >= 0.3 is 0 Å². The summed E-state index contributed by atoms with van der Waals surface area (Å²) in [7, 11) is 0. The van der Waals surface area contributed by atoms with Crippen molar-refractivity contribution < 1.29 is 13.9 Å². The van der Waals surface area contributed by atoms with Crippen molar-refractivity contribution in [3.63, 3.8) is 0 Å². The maximum absolute atomic E-state index is 13.2. The Bertz CT molecular complexity index is 582. The first-order valence-electron chi connectivity index (χ1n) is 5.53. The van der Waals surface area contributed by atoms with Gasteiger partial charge in [0.25, 0.3) is 0 Å². The third-order valence-corrected chi connectivity index (χ3v) is 3.85. The summed E-state index contributed by atoms with van der Waals surface area (Å²) in [5.41, 5.74) is 1.08. The highest BCUT2D eigenvalue weighted by atomic mass is 79.9. The minimum absolute atomic E-state index is 0.207. The Kier molecular flexibility index (Phi) is 4.71. The maximum Gasteiger partial charge on any atom is 0.124 e. The maximum atomic E-state index is 13.2. The first kappa shape index (κ1) is 14.6. The molecule has 19 heavy (non-hydrogen) atoms. The van der Waals surface area contributed by atoms with Crippen LogP contribution in [0.15, 0.2) is 45.3 Å². The minimum Gasteiger partial charge on any atom is -0.388 e. The Morgan fingerprint density at radius 3 is 2.42 bits per heavy atom. The van der Waals surface area contributed by atoms with E-state index in [0.717, 1.165) is 0 Å². The molecule has 1 nitrogen and oxygen atoms in total. The highest BCUT2D eigenvalue weighted by molar-refractivity contribution is 9.10. The quantitative estimate of drug-likeness (QED) is 0.799. The summed E-state index contributed by atoms with van der Waals surface area (Å²) in [5.74, 6) is -0.799. The Labute approximate surface area is 126 Å². The summed E-state index contributed by atoms with van der Waals surface area (Å²) in [6.07, 6.45) is -0.697. The predicted molar refractivity (Wildman–Crippen MR) is 76.9 cm³/mol. The molecule has 0 fully saturated rings. The van der Waals surface area contributed by atoms with Gasteiger partial charge in [-0.1, -0.05) is 31.9 Å². The van der Waals surface area contributed by atoms with Gasteiger partial charge in [-0.3, -0.25) is 0 Å². The molecule has 0 heterocycles. The van der Waals surface area contributed by atoms with Crippen LogP contribution in [0, 0.1) is 11.6 Å². The first-order valence-corrected chi connectivity index (χ1v) is 7.12. The van der Waals surface area contributed by atoms with Crippen molar-refractivity contribution >= 4 is 31.9 Å². The third-order valence-electron chi connectivity index (χ3n) is 2.67. The van der Waals surface area contributed by atoms with Gasteiger partial charge in [0.1, 0.15) is 11.6 Å². The molecule has 0 aliphatic rings. The van der Waals surface area contributed by atoms with Crippen LogP contribution in [0.2, 0.25) is 0 Å². The number of benzene rings is 2. The summed E-state index contributed by atoms with van der Waals surface area (Å²) in [5, 5.41) is 10.1. The molecule has 5 heteroatoms. The number of aliphatic hydroxyl groups excluding tert-OH is 1. The monoisotopic (exact) mass is 390 g/mol. The zero-order valence-electron chi connectivity index (χ0n) is 9.71. The fourth-order valence-corrected chi connectivity index (χ4v) is 2.86. The van der Waals surface area contributed by atoms with E-state index < -0.39 is 11.9 Å². The second kappa shape index (κ2) is 6.11. The topological polar surface area (TPSA) is 20.2 Å². The molecule has 2 aromatic rings. The van der Waals surface area contributed by atoms with Crippen LogP contribution in [-0.4, -0.2) is 5.11 Å². The van der Waals surface area contributed by atoms with Gasteiger partial charge in [0.05, 0.1) is 6.10 Å². The normalized spacial score (nSPS) is 12.5. The van der Waals surface area contributed by atoms with Gasteiger partial charge in [0.15, 0.2) is 0 Å². The Morgan fingerprint density at radius 1 is 1.00 bits per heavy atom. The lowest BCUT2D eigenvalue weighted by atomic mass is 10.0. The van der Waals surface area contributed by atoms with Crippen LogP contribution in [0.4, 0.5) is 8.78 Å². The van der Waals surface area contributed by atoms with Crippen LogP contribution in [-0.2, 0) is 6.42 Å². The second-order valence-electron chi connectivity index (χ2n) is 4.16. The van der Waals surface area contributed by atoms with Crippen LogP contribution in [0.1, 0.15) is 17.2 Å². The summed E-state index contributed by atoms with van der Waals surface area (Å²) in [6, 6.07) is 8.52. The van der Waals surface area contributed by atoms with E-state index in [1.165, 1.54) is 30.3 Å². The van der Waals surface area contributed by atoms with Crippen molar-refractivity contribution in [3.8, 4) is 0 Å². The van der Waals surface area contributed by atoms with Crippen LogP contribution in [0.5, 0.6) is 0 Å². The molecule has 0 amide bonds. The van der Waals surface area contributed by atoms with Crippen LogP contribution < -0.4 is 0 Å². The van der Waals surface area contributed by atoms with E-state index in [1.54, 1.807) is 6.07 Å². The summed E-state index contributed by atoms with van der Waals surface area (Å²) >= 11 is 6.46. The molecule has 100 valence electrons. The number of aliphatic hydroxyl groups is 1. The van der Waals surface area contributed by atoms with Gasteiger partial charge in [-0.25, -0.2) is 8.78 Å². The Balaban J connectivity index is 2.25. The van der Waals surface area contributed by atoms with E-state index >= 15 is 0 Å². The molecule has 1 N–H and O–H groups in total. The number of halogens is 4. The molecule has 2 aromatic carbocycles. The fraction of sp³-hybridized carbons (Fsp3) is 0.143. The zero-order valence-corrected chi connectivity index (χ0v) is 12.9. The molecule has 0 spiro atoms. The molecular weight excluding hydrogens is 382 g/mol.